The van der Waals surface area contributed by atoms with Crippen molar-refractivity contribution in [2.24, 2.45) is 5.16 Å². The van der Waals surface area contributed by atoms with Crippen LogP contribution in [0, 0.1) is 0 Å². The number of ether oxygens (including phenoxy) is 2. The first kappa shape index (κ1) is 18.6. The molecule has 0 bridgehead atoms. The van der Waals surface area contributed by atoms with Crippen LogP contribution in [0.2, 0.25) is 0 Å². The quantitative estimate of drug-likeness (QED) is 0.191. The second-order valence-corrected chi connectivity index (χ2v) is 6.53. The maximum Gasteiger partial charge on any atom is 0.129 e. The molecule has 0 saturated carbocycles. The van der Waals surface area contributed by atoms with E-state index in [1.165, 1.54) is 11.8 Å². The lowest BCUT2D eigenvalue weighted by Gasteiger charge is -2.12. The first-order valence-electron chi connectivity index (χ1n) is 9.45. The largest absolute Gasteiger partial charge is 0.490 e. The number of hydrogen-bond acceptors (Lipinski definition) is 4. The van der Waals surface area contributed by atoms with Gasteiger partial charge in [-0.2, -0.15) is 0 Å². The molecule has 0 unspecified atom stereocenters. The number of oxime groups is 1. The molecule has 4 aromatic rings. The fourth-order valence-corrected chi connectivity index (χ4v) is 3.28. The van der Waals surface area contributed by atoms with Crippen LogP contribution in [0.4, 0.5) is 0 Å². The predicted molar refractivity (Wildman–Crippen MR) is 116 cm³/mol. The van der Waals surface area contributed by atoms with Crippen LogP contribution in [0.15, 0.2) is 96.2 Å². The third-order valence-electron chi connectivity index (χ3n) is 4.69. The Morgan fingerprint density at radius 2 is 1.38 bits per heavy atom. The van der Waals surface area contributed by atoms with Crippen LogP contribution in [0.1, 0.15) is 5.56 Å². The van der Waals surface area contributed by atoms with Crippen molar-refractivity contribution in [2.45, 2.75) is 0 Å². The van der Waals surface area contributed by atoms with Gasteiger partial charge in [-0.05, 0) is 40.1 Å². The zero-order valence-corrected chi connectivity index (χ0v) is 15.9. The summed E-state index contributed by atoms with van der Waals surface area (Å²) in [5.74, 6) is 1.45. The molecule has 1 N–H and O–H groups in total. The monoisotopic (exact) mass is 383 g/mol. The maximum atomic E-state index is 9.02. The molecule has 0 fully saturated rings. The highest BCUT2D eigenvalue weighted by molar-refractivity contribution is 6.02. The van der Waals surface area contributed by atoms with Gasteiger partial charge in [-0.25, -0.2) is 0 Å². The highest BCUT2D eigenvalue weighted by atomic mass is 16.5. The molecule has 0 spiro atoms. The molecular weight excluding hydrogens is 362 g/mol. The van der Waals surface area contributed by atoms with E-state index in [0.717, 1.165) is 27.6 Å². The Kier molecular flexibility index (Phi) is 5.72. The van der Waals surface area contributed by atoms with Crippen molar-refractivity contribution in [3.63, 3.8) is 0 Å². The normalized spacial score (nSPS) is 11.0. The summed E-state index contributed by atoms with van der Waals surface area (Å²) in [5, 5.41) is 14.2. The van der Waals surface area contributed by atoms with Gasteiger partial charge < -0.3 is 14.7 Å². The number of rotatable bonds is 7. The average molecular weight is 383 g/mol. The van der Waals surface area contributed by atoms with Crippen LogP contribution >= 0.6 is 0 Å². The predicted octanol–water partition coefficient (Wildman–Crippen LogP) is 5.77. The lowest BCUT2D eigenvalue weighted by molar-refractivity contribution is 0.217. The smallest absolute Gasteiger partial charge is 0.129 e. The van der Waals surface area contributed by atoms with Crippen molar-refractivity contribution >= 4 is 17.0 Å². The second-order valence-electron chi connectivity index (χ2n) is 6.53. The van der Waals surface area contributed by atoms with Crippen LogP contribution in [0.5, 0.6) is 11.5 Å². The lowest BCUT2D eigenvalue weighted by Crippen LogP contribution is -2.10. The zero-order valence-electron chi connectivity index (χ0n) is 15.9. The summed E-state index contributed by atoms with van der Waals surface area (Å²) in [6, 6.07) is 30.0. The molecular formula is C25H21NO3. The van der Waals surface area contributed by atoms with Crippen LogP contribution in [0.3, 0.4) is 0 Å². The number of hydrogen-bond donors (Lipinski definition) is 1. The SMILES string of the molecule is ON=Cc1c(OCCOc2ccc(-c3ccccc3)cc2)ccc2ccccc12. The zero-order chi connectivity index (χ0) is 19.9. The summed E-state index contributed by atoms with van der Waals surface area (Å²) < 4.78 is 11.7. The summed E-state index contributed by atoms with van der Waals surface area (Å²) >= 11 is 0. The lowest BCUT2D eigenvalue weighted by atomic mass is 10.0. The van der Waals surface area contributed by atoms with Crippen molar-refractivity contribution in [3.8, 4) is 22.6 Å². The van der Waals surface area contributed by atoms with E-state index < -0.39 is 0 Å². The van der Waals surface area contributed by atoms with E-state index in [-0.39, 0.29) is 0 Å². The number of fused-ring (bicyclic) bond motifs is 1. The van der Waals surface area contributed by atoms with Crippen molar-refractivity contribution in [1.82, 2.24) is 0 Å². The van der Waals surface area contributed by atoms with Crippen molar-refractivity contribution < 1.29 is 14.7 Å². The Labute approximate surface area is 169 Å². The molecule has 0 amide bonds. The number of benzene rings is 4. The summed E-state index contributed by atoms with van der Waals surface area (Å²) in [5.41, 5.74) is 3.08. The summed E-state index contributed by atoms with van der Waals surface area (Å²) in [6.45, 7) is 0.790. The second kappa shape index (κ2) is 8.93. The van der Waals surface area contributed by atoms with Crippen LogP contribution in [0.25, 0.3) is 21.9 Å². The van der Waals surface area contributed by atoms with Gasteiger partial charge in [0.1, 0.15) is 24.7 Å². The molecule has 29 heavy (non-hydrogen) atoms. The minimum atomic E-state index is 0.380. The fraction of sp³-hybridized carbons (Fsp3) is 0.0800. The highest BCUT2D eigenvalue weighted by Crippen LogP contribution is 2.27. The Morgan fingerprint density at radius 1 is 0.690 bits per heavy atom. The molecule has 0 aliphatic carbocycles. The first-order valence-corrected chi connectivity index (χ1v) is 9.45. The molecule has 4 nitrogen and oxygen atoms in total. The van der Waals surface area contributed by atoms with E-state index in [9.17, 15) is 0 Å². The van der Waals surface area contributed by atoms with E-state index >= 15 is 0 Å². The van der Waals surface area contributed by atoms with Gasteiger partial charge in [0.05, 0.1) is 6.21 Å². The molecule has 144 valence electrons. The molecule has 0 heterocycles. The first-order chi connectivity index (χ1) is 14.3. The van der Waals surface area contributed by atoms with Gasteiger partial charge in [-0.3, -0.25) is 0 Å². The molecule has 4 aromatic carbocycles. The van der Waals surface area contributed by atoms with E-state index in [1.54, 1.807) is 0 Å². The van der Waals surface area contributed by atoms with E-state index in [2.05, 4.69) is 17.3 Å². The third-order valence-corrected chi connectivity index (χ3v) is 4.69. The van der Waals surface area contributed by atoms with Crippen molar-refractivity contribution in [1.29, 1.82) is 0 Å². The molecule has 0 aliphatic rings. The van der Waals surface area contributed by atoms with E-state index in [0.29, 0.717) is 19.0 Å². The van der Waals surface area contributed by atoms with Crippen LogP contribution in [-0.2, 0) is 0 Å². The minimum Gasteiger partial charge on any atom is -0.490 e. The van der Waals surface area contributed by atoms with Gasteiger partial charge in [-0.1, -0.05) is 78.0 Å². The summed E-state index contributed by atoms with van der Waals surface area (Å²) in [4.78, 5) is 0. The van der Waals surface area contributed by atoms with Gasteiger partial charge in [0.2, 0.25) is 0 Å². The Bertz CT molecular complexity index is 1110. The Hall–Kier alpha value is -3.79. The molecule has 4 heteroatoms. The van der Waals surface area contributed by atoms with Crippen molar-refractivity contribution in [2.75, 3.05) is 13.2 Å². The molecule has 0 saturated heterocycles. The summed E-state index contributed by atoms with van der Waals surface area (Å²) in [7, 11) is 0. The van der Waals surface area contributed by atoms with Gasteiger partial charge in [-0.15, -0.1) is 0 Å². The van der Waals surface area contributed by atoms with E-state index in [4.69, 9.17) is 14.7 Å². The standard InChI is InChI=1S/C25H21NO3/c27-26-18-24-23-9-5-4-8-21(23)12-15-25(24)29-17-16-28-22-13-10-20(11-14-22)19-6-2-1-3-7-19/h1-15,18,27H,16-17H2. The van der Waals surface area contributed by atoms with Gasteiger partial charge in [0.25, 0.3) is 0 Å². The van der Waals surface area contributed by atoms with Crippen LogP contribution < -0.4 is 9.47 Å². The van der Waals surface area contributed by atoms with E-state index in [1.807, 2.05) is 78.9 Å². The van der Waals surface area contributed by atoms with Crippen LogP contribution in [-0.4, -0.2) is 24.6 Å². The molecule has 0 aliphatic heterocycles. The Balaban J connectivity index is 1.38. The maximum absolute atomic E-state index is 9.02. The van der Waals surface area contributed by atoms with Gasteiger partial charge in [0, 0.05) is 5.56 Å². The summed E-state index contributed by atoms with van der Waals surface area (Å²) in [6.07, 6.45) is 1.40. The highest BCUT2D eigenvalue weighted by Gasteiger charge is 2.07. The van der Waals surface area contributed by atoms with Gasteiger partial charge in [0.15, 0.2) is 0 Å². The molecule has 0 radical (unpaired) electrons. The number of nitrogens with zero attached hydrogens (tertiary/aromatic N) is 1. The molecule has 0 atom stereocenters. The van der Waals surface area contributed by atoms with Gasteiger partial charge >= 0.3 is 0 Å². The fourth-order valence-electron chi connectivity index (χ4n) is 3.28. The average Bonchev–Trinajstić information content (AvgIpc) is 2.79. The Morgan fingerprint density at radius 3 is 2.17 bits per heavy atom. The topological polar surface area (TPSA) is 51.1 Å². The molecule has 0 aromatic heterocycles. The minimum absolute atomic E-state index is 0.380. The molecule has 4 rings (SSSR count). The third kappa shape index (κ3) is 4.38. The van der Waals surface area contributed by atoms with Crippen molar-refractivity contribution in [3.05, 3.63) is 96.6 Å².